The number of hydrogen-bond donors (Lipinski definition) is 1. The number of aromatic nitrogens is 5. The minimum atomic E-state index is -3.09. The summed E-state index contributed by atoms with van der Waals surface area (Å²) in [6.07, 6.45) is 8.76. The third-order valence-electron chi connectivity index (χ3n) is 9.20. The van der Waals surface area contributed by atoms with E-state index in [2.05, 4.69) is 25.4 Å². The molecule has 3 saturated heterocycles. The van der Waals surface area contributed by atoms with Gasteiger partial charge in [-0.05, 0) is 43.0 Å². The van der Waals surface area contributed by atoms with Crippen LogP contribution < -0.4 is 10.1 Å². The summed E-state index contributed by atoms with van der Waals surface area (Å²) in [5, 5.41) is 11.9. The van der Waals surface area contributed by atoms with Crippen molar-refractivity contribution in [1.82, 2.24) is 39.1 Å². The summed E-state index contributed by atoms with van der Waals surface area (Å²) in [6, 6.07) is 6.54. The molecule has 4 aromatic rings. The average molecular weight is 710 g/mol. The molecule has 7 rings (SSSR count). The van der Waals surface area contributed by atoms with E-state index in [4.69, 9.17) is 9.47 Å². The highest BCUT2D eigenvalue weighted by Gasteiger charge is 2.28. The number of amides is 3. The quantitative estimate of drug-likeness (QED) is 0.219. The van der Waals surface area contributed by atoms with Gasteiger partial charge in [0.2, 0.25) is 12.3 Å². The first kappa shape index (κ1) is 33.9. The second-order valence-corrected chi connectivity index (χ2v) is 13.9. The molecule has 0 saturated carbocycles. The Morgan fingerprint density at radius 2 is 1.92 bits per heavy atom. The number of alkyl halides is 2. The van der Waals surface area contributed by atoms with E-state index in [1.165, 1.54) is 27.7 Å². The van der Waals surface area contributed by atoms with Gasteiger partial charge in [-0.15, -0.1) is 11.8 Å². The van der Waals surface area contributed by atoms with Gasteiger partial charge in [0, 0.05) is 74.9 Å². The molecule has 0 bridgehead atoms. The molecule has 17 heteroatoms. The highest BCUT2D eigenvalue weighted by Crippen LogP contribution is 2.39. The molecule has 6 heterocycles. The van der Waals surface area contributed by atoms with E-state index in [1.54, 1.807) is 47.3 Å². The summed E-state index contributed by atoms with van der Waals surface area (Å²) in [6.45, 7) is 3.28. The van der Waals surface area contributed by atoms with Crippen molar-refractivity contribution in [2.75, 3.05) is 64.3 Å². The van der Waals surface area contributed by atoms with Gasteiger partial charge in [0.25, 0.3) is 5.91 Å². The Balaban J connectivity index is 1.11. The van der Waals surface area contributed by atoms with Crippen molar-refractivity contribution in [3.8, 4) is 17.0 Å². The van der Waals surface area contributed by atoms with Gasteiger partial charge in [-0.1, -0.05) is 0 Å². The van der Waals surface area contributed by atoms with Crippen LogP contribution in [0.15, 0.2) is 53.9 Å². The predicted molar refractivity (Wildman–Crippen MR) is 179 cm³/mol. The normalized spacial score (nSPS) is 17.7. The first-order valence-corrected chi connectivity index (χ1v) is 17.4. The highest BCUT2D eigenvalue weighted by molar-refractivity contribution is 8.00. The summed E-state index contributed by atoms with van der Waals surface area (Å²) in [5.41, 5.74) is 1.16. The van der Waals surface area contributed by atoms with Crippen molar-refractivity contribution in [3.63, 3.8) is 0 Å². The monoisotopic (exact) mass is 709 g/mol. The molecule has 1 N–H and O–H groups in total. The molecule has 3 aliphatic heterocycles. The summed E-state index contributed by atoms with van der Waals surface area (Å²) in [7, 11) is 0. The number of piperazine rings is 1. The number of likely N-dealkylation sites (tertiary alicyclic amines) is 1. The van der Waals surface area contributed by atoms with Gasteiger partial charge in [0.1, 0.15) is 23.6 Å². The first-order valence-electron chi connectivity index (χ1n) is 16.5. The number of fused-ring (bicyclic) bond motifs is 1. The Hall–Kier alpha value is -4.61. The maximum absolute atomic E-state index is 13.6. The van der Waals surface area contributed by atoms with Crippen molar-refractivity contribution >= 4 is 41.3 Å². The van der Waals surface area contributed by atoms with Crippen LogP contribution in [0, 0.1) is 5.92 Å². The fourth-order valence-electron chi connectivity index (χ4n) is 6.43. The zero-order valence-electron chi connectivity index (χ0n) is 27.2. The number of rotatable bonds is 12. The Kier molecular flexibility index (Phi) is 10.2. The molecule has 0 aliphatic carbocycles. The minimum absolute atomic E-state index is 0.113. The van der Waals surface area contributed by atoms with Gasteiger partial charge in [0.05, 0.1) is 30.3 Å². The lowest BCUT2D eigenvalue weighted by Crippen LogP contribution is -2.48. The third-order valence-corrected chi connectivity index (χ3v) is 10.3. The Morgan fingerprint density at radius 3 is 2.64 bits per heavy atom. The van der Waals surface area contributed by atoms with Crippen LogP contribution >= 0.6 is 11.8 Å². The van der Waals surface area contributed by atoms with E-state index < -0.39 is 12.5 Å². The maximum atomic E-state index is 13.6. The molecule has 1 aromatic carbocycles. The Bertz CT molecular complexity index is 1830. The smallest absolute Gasteiger partial charge is 0.387 e. The first-order chi connectivity index (χ1) is 24.3. The molecule has 264 valence electrons. The number of thioether (sulfide) groups is 1. The third kappa shape index (κ3) is 7.74. The number of ether oxygens (including phenoxy) is 2. The Morgan fingerprint density at radius 1 is 1.12 bits per heavy atom. The highest BCUT2D eigenvalue weighted by atomic mass is 32.2. The molecular formula is C33H37F2N9O5S. The fourth-order valence-corrected chi connectivity index (χ4v) is 7.48. The van der Waals surface area contributed by atoms with E-state index >= 15 is 0 Å². The topological polar surface area (TPSA) is 139 Å². The molecule has 0 atom stereocenters. The van der Waals surface area contributed by atoms with Gasteiger partial charge in [-0.3, -0.25) is 24.0 Å². The number of hydrogen-bond acceptors (Lipinski definition) is 10. The molecule has 0 radical (unpaired) electrons. The van der Waals surface area contributed by atoms with Gasteiger partial charge < -0.3 is 24.6 Å². The van der Waals surface area contributed by atoms with E-state index in [0.29, 0.717) is 37.9 Å². The summed E-state index contributed by atoms with van der Waals surface area (Å²) in [5.74, 6) is -0.332. The summed E-state index contributed by atoms with van der Waals surface area (Å²) in [4.78, 5) is 49.2. The van der Waals surface area contributed by atoms with E-state index in [9.17, 15) is 23.2 Å². The zero-order valence-corrected chi connectivity index (χ0v) is 28.0. The molecule has 14 nitrogen and oxygen atoms in total. The van der Waals surface area contributed by atoms with Crippen LogP contribution in [-0.2, 0) is 20.9 Å². The lowest BCUT2D eigenvalue weighted by Gasteiger charge is -2.38. The molecule has 0 spiro atoms. The standard InChI is InChI=1S/C33H37F2N9O5S/c34-33(35)49-28-3-2-23(50-24-19-48-20-24)14-25(28)30-27(38-32(47)26-15-37-44-7-1-6-36-31(26)44)17-43(39-30)18-29(46)42-8-4-22(5-9-42)16-40-10-12-41(21-45)13-11-40/h1-3,6-7,14-15,17,21-22,24,33H,4-5,8-13,16,18-20H2,(H,38,47). The number of benzene rings is 1. The van der Waals surface area contributed by atoms with Crippen LogP contribution in [0.4, 0.5) is 14.5 Å². The van der Waals surface area contributed by atoms with Crippen molar-refractivity contribution in [2.45, 2.75) is 36.1 Å². The van der Waals surface area contributed by atoms with Crippen molar-refractivity contribution in [3.05, 3.63) is 54.6 Å². The largest absolute Gasteiger partial charge is 0.434 e. The van der Waals surface area contributed by atoms with Crippen molar-refractivity contribution < 1.29 is 32.6 Å². The van der Waals surface area contributed by atoms with Crippen LogP contribution in [0.1, 0.15) is 23.2 Å². The molecule has 3 amide bonds. The number of anilines is 1. The van der Waals surface area contributed by atoms with Gasteiger partial charge in [-0.2, -0.15) is 19.0 Å². The molecule has 50 heavy (non-hydrogen) atoms. The summed E-state index contributed by atoms with van der Waals surface area (Å²) < 4.78 is 40.3. The second-order valence-electron chi connectivity index (χ2n) is 12.6. The number of carbonyl (C=O) groups excluding carboxylic acids is 3. The minimum Gasteiger partial charge on any atom is -0.434 e. The number of nitrogens with zero attached hydrogens (tertiary/aromatic N) is 8. The summed E-state index contributed by atoms with van der Waals surface area (Å²) >= 11 is 1.55. The van der Waals surface area contributed by atoms with Gasteiger partial charge >= 0.3 is 6.61 Å². The maximum Gasteiger partial charge on any atom is 0.387 e. The van der Waals surface area contributed by atoms with Crippen molar-refractivity contribution in [1.29, 1.82) is 0 Å². The fraction of sp³-hybridized carbons (Fsp3) is 0.455. The SMILES string of the molecule is O=CN1CCN(CC2CCN(C(=O)Cn3cc(NC(=O)c4cnn5cccnc45)c(-c4cc(SC5COC5)ccc4OC(F)F)n3)CC2)CC1. The Labute approximate surface area is 290 Å². The number of nitrogens with one attached hydrogen (secondary N) is 1. The molecule has 3 fully saturated rings. The van der Waals surface area contributed by atoms with Crippen molar-refractivity contribution in [2.24, 2.45) is 5.92 Å². The van der Waals surface area contributed by atoms with E-state index in [-0.39, 0.29) is 46.0 Å². The van der Waals surface area contributed by atoms with Crippen LogP contribution in [0.2, 0.25) is 0 Å². The zero-order chi connectivity index (χ0) is 34.6. The molecular weight excluding hydrogens is 672 g/mol. The van der Waals surface area contributed by atoms with Crippen LogP contribution in [0.3, 0.4) is 0 Å². The molecule has 3 aromatic heterocycles. The van der Waals surface area contributed by atoms with Crippen LogP contribution in [0.5, 0.6) is 5.75 Å². The number of halogens is 2. The number of piperidine rings is 1. The second kappa shape index (κ2) is 15.1. The van der Waals surface area contributed by atoms with Crippen LogP contribution in [0.25, 0.3) is 16.9 Å². The van der Waals surface area contributed by atoms with Gasteiger partial charge in [-0.25, -0.2) is 9.50 Å². The molecule has 0 unspecified atom stereocenters. The van der Waals surface area contributed by atoms with E-state index in [0.717, 1.165) is 56.9 Å². The van der Waals surface area contributed by atoms with Gasteiger partial charge in [0.15, 0.2) is 5.65 Å². The number of carbonyl (C=O) groups is 3. The lowest BCUT2D eigenvalue weighted by atomic mass is 9.96. The average Bonchev–Trinajstić information content (AvgIpc) is 3.71. The van der Waals surface area contributed by atoms with Crippen LogP contribution in [-0.4, -0.2) is 128 Å². The molecule has 3 aliphatic rings. The predicted octanol–water partition coefficient (Wildman–Crippen LogP) is 2.95. The van der Waals surface area contributed by atoms with E-state index in [1.807, 2.05) is 4.90 Å². The lowest BCUT2D eigenvalue weighted by molar-refractivity contribution is -0.133.